The van der Waals surface area contributed by atoms with E-state index in [0.29, 0.717) is 18.9 Å². The van der Waals surface area contributed by atoms with Crippen LogP contribution in [0.5, 0.6) is 5.75 Å². The molecule has 146 valence electrons. The summed E-state index contributed by atoms with van der Waals surface area (Å²) in [6.45, 7) is 2.55. The van der Waals surface area contributed by atoms with E-state index in [0.717, 1.165) is 15.6 Å². The van der Waals surface area contributed by atoms with Gasteiger partial charge in [0.1, 0.15) is 18.1 Å². The molecule has 4 rings (SSSR count). The predicted molar refractivity (Wildman–Crippen MR) is 116 cm³/mol. The molecule has 1 N–H and O–H groups in total. The van der Waals surface area contributed by atoms with Gasteiger partial charge in [-0.3, -0.25) is 9.69 Å². The second-order valence-electron chi connectivity index (χ2n) is 6.65. The Hall–Kier alpha value is -3.12. The molecule has 0 bridgehead atoms. The molecule has 0 saturated carbocycles. The highest BCUT2D eigenvalue weighted by Crippen LogP contribution is 2.29. The summed E-state index contributed by atoms with van der Waals surface area (Å²) in [4.78, 5) is 25.2. The van der Waals surface area contributed by atoms with Crippen molar-refractivity contribution in [2.24, 2.45) is 0 Å². The second-order valence-corrected chi connectivity index (χ2v) is 7.51. The van der Waals surface area contributed by atoms with Gasteiger partial charge >= 0.3 is 6.03 Å². The van der Waals surface area contributed by atoms with Gasteiger partial charge in [-0.05, 0) is 63.0 Å². The van der Waals surface area contributed by atoms with Crippen LogP contribution >= 0.6 is 15.9 Å². The number of halogens is 1. The first kappa shape index (κ1) is 19.2. The minimum atomic E-state index is -0.391. The van der Waals surface area contributed by atoms with Gasteiger partial charge in [-0.15, -0.1) is 0 Å². The van der Waals surface area contributed by atoms with Gasteiger partial charge in [-0.2, -0.15) is 0 Å². The Morgan fingerprint density at radius 3 is 2.62 bits per heavy atom. The van der Waals surface area contributed by atoms with E-state index in [9.17, 15) is 9.59 Å². The highest BCUT2D eigenvalue weighted by Gasteiger charge is 2.31. The summed E-state index contributed by atoms with van der Waals surface area (Å²) in [6, 6.07) is 19.5. The molecule has 1 aliphatic rings. The highest BCUT2D eigenvalue weighted by molar-refractivity contribution is 9.10. The molecule has 1 heterocycles. The number of nitrogens with one attached hydrogen (secondary N) is 1. The van der Waals surface area contributed by atoms with Gasteiger partial charge in [-0.1, -0.05) is 48.5 Å². The van der Waals surface area contributed by atoms with Gasteiger partial charge in [0.2, 0.25) is 0 Å². The largest absolute Gasteiger partial charge is 0.488 e. The van der Waals surface area contributed by atoms with Gasteiger partial charge < -0.3 is 10.1 Å². The third-order valence-corrected chi connectivity index (χ3v) is 5.43. The molecule has 0 spiro atoms. The van der Waals surface area contributed by atoms with Crippen LogP contribution in [0, 0.1) is 0 Å². The average molecular weight is 451 g/mol. The smallest absolute Gasteiger partial charge is 0.328 e. The minimum Gasteiger partial charge on any atom is -0.488 e. The van der Waals surface area contributed by atoms with Crippen molar-refractivity contribution in [1.82, 2.24) is 10.2 Å². The van der Waals surface area contributed by atoms with Crippen molar-refractivity contribution in [2.75, 3.05) is 6.54 Å². The minimum absolute atomic E-state index is 0.271. The number of rotatable bonds is 5. The monoisotopic (exact) mass is 450 g/mol. The molecule has 3 aromatic rings. The summed E-state index contributed by atoms with van der Waals surface area (Å²) in [5.41, 5.74) is 2.17. The van der Waals surface area contributed by atoms with Crippen LogP contribution < -0.4 is 10.1 Å². The predicted octanol–water partition coefficient (Wildman–Crippen LogP) is 5.09. The van der Waals surface area contributed by atoms with Gasteiger partial charge in [0, 0.05) is 6.54 Å². The summed E-state index contributed by atoms with van der Waals surface area (Å²) < 4.78 is 6.79. The molecule has 6 heteroatoms. The summed E-state index contributed by atoms with van der Waals surface area (Å²) in [7, 11) is 0. The van der Waals surface area contributed by atoms with Crippen LogP contribution in [-0.2, 0) is 11.4 Å². The van der Waals surface area contributed by atoms with E-state index in [4.69, 9.17) is 4.74 Å². The Labute approximate surface area is 177 Å². The summed E-state index contributed by atoms with van der Waals surface area (Å²) >= 11 is 3.54. The van der Waals surface area contributed by atoms with Crippen molar-refractivity contribution in [2.45, 2.75) is 13.5 Å². The Kier molecular flexibility index (Phi) is 5.36. The number of fused-ring (bicyclic) bond motifs is 1. The first-order valence-electron chi connectivity index (χ1n) is 9.30. The lowest BCUT2D eigenvalue weighted by molar-refractivity contribution is -0.122. The standard InChI is InChI=1S/C23H19BrN2O3/c1-2-26-22(27)20(25-23(26)28)13-15-10-11-21(19(24)12-15)29-14-17-8-5-7-16-6-3-4-9-18(16)17/h3-13H,2,14H2,1H3,(H,25,28)/b20-13+. The number of nitrogens with zero attached hydrogens (tertiary/aromatic N) is 1. The second kappa shape index (κ2) is 8.09. The number of ether oxygens (including phenoxy) is 1. The van der Waals surface area contributed by atoms with Gasteiger partial charge in [0.05, 0.1) is 4.47 Å². The van der Waals surface area contributed by atoms with Crippen LogP contribution in [0.25, 0.3) is 16.8 Å². The first-order chi connectivity index (χ1) is 14.1. The van der Waals surface area contributed by atoms with Crippen LogP contribution in [0.1, 0.15) is 18.1 Å². The Balaban J connectivity index is 1.51. The number of likely N-dealkylation sites (N-methyl/N-ethyl adjacent to an activating group) is 1. The van der Waals surface area contributed by atoms with Gasteiger partial charge in [-0.25, -0.2) is 4.79 Å². The fourth-order valence-electron chi connectivity index (χ4n) is 3.32. The average Bonchev–Trinajstić information content (AvgIpc) is 2.99. The van der Waals surface area contributed by atoms with E-state index >= 15 is 0 Å². The molecule has 1 aliphatic heterocycles. The molecule has 29 heavy (non-hydrogen) atoms. The number of carbonyl (C=O) groups is 2. The van der Waals surface area contributed by atoms with Crippen molar-refractivity contribution in [3.8, 4) is 5.75 Å². The number of hydrogen-bond acceptors (Lipinski definition) is 3. The van der Waals surface area contributed by atoms with E-state index in [2.05, 4.69) is 45.5 Å². The maximum Gasteiger partial charge on any atom is 0.328 e. The lowest BCUT2D eigenvalue weighted by Gasteiger charge is -2.11. The molecule has 0 aliphatic carbocycles. The molecule has 0 radical (unpaired) electrons. The lowest BCUT2D eigenvalue weighted by Crippen LogP contribution is -2.30. The van der Waals surface area contributed by atoms with Crippen LogP contribution in [-0.4, -0.2) is 23.4 Å². The van der Waals surface area contributed by atoms with Gasteiger partial charge in [0.25, 0.3) is 5.91 Å². The van der Waals surface area contributed by atoms with Crippen LogP contribution in [0.2, 0.25) is 0 Å². The van der Waals surface area contributed by atoms with Gasteiger partial charge in [0.15, 0.2) is 0 Å². The normalized spacial score (nSPS) is 15.2. The number of benzene rings is 3. The summed E-state index contributed by atoms with van der Waals surface area (Å²) in [5, 5.41) is 4.95. The zero-order valence-electron chi connectivity index (χ0n) is 15.8. The lowest BCUT2D eigenvalue weighted by atomic mass is 10.1. The molecule has 0 aromatic heterocycles. The zero-order valence-corrected chi connectivity index (χ0v) is 17.4. The number of hydrogen-bond donors (Lipinski definition) is 1. The quantitative estimate of drug-likeness (QED) is 0.434. The Morgan fingerprint density at radius 2 is 1.86 bits per heavy atom. The number of carbonyl (C=O) groups excluding carboxylic acids is 2. The van der Waals surface area contributed by atoms with Crippen molar-refractivity contribution >= 4 is 44.7 Å². The van der Waals surface area contributed by atoms with Crippen molar-refractivity contribution in [3.05, 3.63) is 82.0 Å². The third-order valence-electron chi connectivity index (χ3n) is 4.81. The molecule has 0 atom stereocenters. The molecule has 3 aromatic carbocycles. The number of urea groups is 1. The maximum atomic E-state index is 12.2. The molecule has 1 fully saturated rings. The molecule has 5 nitrogen and oxygen atoms in total. The molecular formula is C23H19BrN2O3. The summed E-state index contributed by atoms with van der Waals surface area (Å²) in [6.07, 6.45) is 1.66. The first-order valence-corrected chi connectivity index (χ1v) is 10.1. The molecule has 3 amide bonds. The zero-order chi connectivity index (χ0) is 20.4. The van der Waals surface area contributed by atoms with E-state index in [1.807, 2.05) is 36.4 Å². The van der Waals surface area contributed by atoms with E-state index in [1.54, 1.807) is 13.0 Å². The van der Waals surface area contributed by atoms with Crippen molar-refractivity contribution < 1.29 is 14.3 Å². The van der Waals surface area contributed by atoms with Crippen LogP contribution in [0.4, 0.5) is 4.79 Å². The third kappa shape index (κ3) is 3.89. The van der Waals surface area contributed by atoms with Crippen LogP contribution in [0.3, 0.4) is 0 Å². The van der Waals surface area contributed by atoms with Crippen molar-refractivity contribution in [3.63, 3.8) is 0 Å². The Morgan fingerprint density at radius 1 is 1.07 bits per heavy atom. The molecule has 0 unspecified atom stereocenters. The topological polar surface area (TPSA) is 58.6 Å². The number of amides is 3. The highest BCUT2D eigenvalue weighted by atomic mass is 79.9. The fraction of sp³-hybridized carbons (Fsp3) is 0.130. The van der Waals surface area contributed by atoms with Crippen molar-refractivity contribution in [1.29, 1.82) is 0 Å². The molecule has 1 saturated heterocycles. The van der Waals surface area contributed by atoms with E-state index in [-0.39, 0.29) is 11.6 Å². The SMILES string of the molecule is CCN1C(=O)N/C(=C/c2ccc(OCc3cccc4ccccc34)c(Br)c2)C1=O. The van der Waals surface area contributed by atoms with Crippen LogP contribution in [0.15, 0.2) is 70.8 Å². The fourth-order valence-corrected chi connectivity index (χ4v) is 3.83. The Bertz CT molecular complexity index is 1130. The maximum absolute atomic E-state index is 12.2. The molecular weight excluding hydrogens is 432 g/mol. The number of imide groups is 1. The van der Waals surface area contributed by atoms with E-state index in [1.165, 1.54) is 15.7 Å². The summed E-state index contributed by atoms with van der Waals surface area (Å²) in [5.74, 6) is 0.391. The van der Waals surface area contributed by atoms with E-state index < -0.39 is 6.03 Å².